The maximum absolute atomic E-state index is 12.8. The normalized spacial score (nSPS) is 22.1. The lowest BCUT2D eigenvalue weighted by atomic mass is 10.0. The Morgan fingerprint density at radius 1 is 1.04 bits per heavy atom. The van der Waals surface area contributed by atoms with Crippen LogP contribution in [0.1, 0.15) is 52.4 Å². The van der Waals surface area contributed by atoms with Crippen molar-refractivity contribution >= 4 is 17.7 Å². The monoisotopic (exact) mass is 391 g/mol. The van der Waals surface area contributed by atoms with E-state index in [1.165, 1.54) is 0 Å². The van der Waals surface area contributed by atoms with Gasteiger partial charge in [0.25, 0.3) is 0 Å². The minimum Gasteiger partial charge on any atom is -0.342 e. The van der Waals surface area contributed by atoms with Gasteiger partial charge in [-0.1, -0.05) is 13.8 Å². The molecule has 2 atom stereocenters. The number of carbonyl (C=O) groups excluding carboxylic acids is 3. The predicted octanol–water partition coefficient (Wildman–Crippen LogP) is 2.08. The number of rotatable bonds is 5. The molecule has 0 aromatic rings. The van der Waals surface area contributed by atoms with Gasteiger partial charge in [0.2, 0.25) is 11.8 Å². The van der Waals surface area contributed by atoms with E-state index in [2.05, 4.69) is 5.32 Å². The zero-order chi connectivity index (χ0) is 20.2. The third-order valence-corrected chi connectivity index (χ3v) is 5.05. The number of nitrogens with zero attached hydrogens (tertiary/aromatic N) is 2. The van der Waals surface area contributed by atoms with Crippen LogP contribution in [0.2, 0.25) is 0 Å². The molecule has 0 radical (unpaired) electrons. The van der Waals surface area contributed by atoms with Crippen molar-refractivity contribution in [3.05, 3.63) is 0 Å². The lowest BCUT2D eigenvalue weighted by Gasteiger charge is -2.32. The fourth-order valence-corrected chi connectivity index (χ4v) is 3.74. The molecule has 1 N–H and O–H groups in total. The first-order valence-electron chi connectivity index (χ1n) is 9.58. The van der Waals surface area contributed by atoms with Gasteiger partial charge in [0, 0.05) is 19.6 Å². The minimum atomic E-state index is -5.01. The van der Waals surface area contributed by atoms with Gasteiger partial charge in [-0.3, -0.25) is 14.4 Å². The Labute approximate surface area is 157 Å². The number of likely N-dealkylation sites (tertiary alicyclic amines) is 2. The Morgan fingerprint density at radius 2 is 1.67 bits per heavy atom. The molecule has 2 heterocycles. The molecule has 0 aliphatic carbocycles. The number of carbonyl (C=O) groups is 3. The summed E-state index contributed by atoms with van der Waals surface area (Å²) in [5.41, 5.74) is 0. The van der Waals surface area contributed by atoms with Crippen molar-refractivity contribution in [2.75, 3.05) is 19.6 Å². The predicted molar refractivity (Wildman–Crippen MR) is 92.6 cm³/mol. The molecule has 1 unspecified atom stereocenters. The maximum atomic E-state index is 12.8. The molecule has 2 aliphatic rings. The molecule has 6 nitrogen and oxygen atoms in total. The number of hydrogen-bond donors (Lipinski definition) is 1. The van der Waals surface area contributed by atoms with E-state index in [1.54, 1.807) is 4.90 Å². The standard InChI is InChI=1S/C18H28F3N3O3/c1-12(2)11-13(16(26)23-8-4-3-5-9-23)22-15(25)14-7-6-10-24(14)17(27)18(19,20)21/h12-14H,3-11H2,1-2H3,(H,22,25)/t13-,14?/m0/s1. The van der Waals surface area contributed by atoms with Crippen LogP contribution < -0.4 is 5.32 Å². The molecular weight excluding hydrogens is 363 g/mol. The van der Waals surface area contributed by atoms with Gasteiger partial charge in [0.05, 0.1) is 0 Å². The number of piperidine rings is 1. The topological polar surface area (TPSA) is 69.7 Å². The molecule has 2 saturated heterocycles. The molecular formula is C18H28F3N3O3. The Bertz CT molecular complexity index is 560. The van der Waals surface area contributed by atoms with Gasteiger partial charge in [0.15, 0.2) is 0 Å². The summed E-state index contributed by atoms with van der Waals surface area (Å²) in [6, 6.07) is -1.96. The van der Waals surface area contributed by atoms with Crippen LogP contribution in [-0.2, 0) is 14.4 Å². The van der Waals surface area contributed by atoms with Gasteiger partial charge in [-0.25, -0.2) is 0 Å². The van der Waals surface area contributed by atoms with Crippen molar-refractivity contribution in [2.24, 2.45) is 5.92 Å². The van der Waals surface area contributed by atoms with Gasteiger partial charge < -0.3 is 15.1 Å². The van der Waals surface area contributed by atoms with Gasteiger partial charge in [-0.2, -0.15) is 13.2 Å². The number of nitrogens with one attached hydrogen (secondary N) is 1. The smallest absolute Gasteiger partial charge is 0.342 e. The van der Waals surface area contributed by atoms with Crippen molar-refractivity contribution in [3.63, 3.8) is 0 Å². The quantitative estimate of drug-likeness (QED) is 0.780. The fourth-order valence-electron chi connectivity index (χ4n) is 3.74. The van der Waals surface area contributed by atoms with Gasteiger partial charge >= 0.3 is 12.1 Å². The fraction of sp³-hybridized carbons (Fsp3) is 0.833. The number of alkyl halides is 3. The summed E-state index contributed by atoms with van der Waals surface area (Å²) in [6.07, 6.45) is -1.24. The van der Waals surface area contributed by atoms with Gasteiger partial charge in [-0.05, 0) is 44.4 Å². The third-order valence-electron chi connectivity index (χ3n) is 5.05. The highest BCUT2D eigenvalue weighted by atomic mass is 19.4. The van der Waals surface area contributed by atoms with Crippen LogP contribution in [0.5, 0.6) is 0 Å². The lowest BCUT2D eigenvalue weighted by Crippen LogP contribution is -2.56. The van der Waals surface area contributed by atoms with E-state index in [-0.39, 0.29) is 24.8 Å². The molecule has 154 valence electrons. The highest BCUT2D eigenvalue weighted by molar-refractivity contribution is 5.93. The zero-order valence-electron chi connectivity index (χ0n) is 15.8. The first-order chi connectivity index (χ1) is 12.6. The van der Waals surface area contributed by atoms with E-state index in [0.717, 1.165) is 19.3 Å². The summed E-state index contributed by atoms with van der Waals surface area (Å²) in [6.45, 7) is 4.98. The van der Waals surface area contributed by atoms with Gasteiger partial charge in [0.1, 0.15) is 12.1 Å². The van der Waals surface area contributed by atoms with Crippen LogP contribution in [0.15, 0.2) is 0 Å². The van der Waals surface area contributed by atoms with E-state index < -0.39 is 30.1 Å². The number of hydrogen-bond acceptors (Lipinski definition) is 3. The molecule has 2 fully saturated rings. The Hall–Kier alpha value is -1.80. The lowest BCUT2D eigenvalue weighted by molar-refractivity contribution is -0.186. The average Bonchev–Trinajstić information content (AvgIpc) is 3.09. The molecule has 0 spiro atoms. The third kappa shape index (κ3) is 5.59. The number of amides is 3. The van der Waals surface area contributed by atoms with E-state index >= 15 is 0 Å². The highest BCUT2D eigenvalue weighted by Crippen LogP contribution is 2.26. The maximum Gasteiger partial charge on any atom is 0.471 e. The Balaban J connectivity index is 2.08. The van der Waals surface area contributed by atoms with Crippen molar-refractivity contribution in [1.82, 2.24) is 15.1 Å². The molecule has 2 aliphatic heterocycles. The first kappa shape index (κ1) is 21.5. The molecule has 0 bridgehead atoms. The van der Waals surface area contributed by atoms with E-state index in [0.29, 0.717) is 30.8 Å². The second-order valence-electron chi connectivity index (χ2n) is 7.73. The van der Waals surface area contributed by atoms with Crippen LogP contribution in [-0.4, -0.2) is 65.4 Å². The molecule has 27 heavy (non-hydrogen) atoms. The van der Waals surface area contributed by atoms with Crippen LogP contribution in [0.25, 0.3) is 0 Å². The van der Waals surface area contributed by atoms with Gasteiger partial charge in [-0.15, -0.1) is 0 Å². The number of halogens is 3. The molecule has 9 heteroatoms. The van der Waals surface area contributed by atoms with Crippen molar-refractivity contribution in [1.29, 1.82) is 0 Å². The van der Waals surface area contributed by atoms with Crippen LogP contribution in [0, 0.1) is 5.92 Å². The highest BCUT2D eigenvalue weighted by Gasteiger charge is 2.48. The van der Waals surface area contributed by atoms with Crippen LogP contribution >= 0.6 is 0 Å². The summed E-state index contributed by atoms with van der Waals surface area (Å²) in [7, 11) is 0. The molecule has 0 saturated carbocycles. The molecule has 3 amide bonds. The summed E-state index contributed by atoms with van der Waals surface area (Å²) >= 11 is 0. The molecule has 2 rings (SSSR count). The van der Waals surface area contributed by atoms with Crippen molar-refractivity contribution < 1.29 is 27.6 Å². The van der Waals surface area contributed by atoms with Crippen LogP contribution in [0.3, 0.4) is 0 Å². The van der Waals surface area contributed by atoms with Crippen molar-refractivity contribution in [2.45, 2.75) is 70.6 Å². The summed E-state index contributed by atoms with van der Waals surface area (Å²) in [4.78, 5) is 39.3. The largest absolute Gasteiger partial charge is 0.471 e. The summed E-state index contributed by atoms with van der Waals surface area (Å²) < 4.78 is 38.3. The van der Waals surface area contributed by atoms with Crippen molar-refractivity contribution in [3.8, 4) is 0 Å². The molecule has 0 aromatic heterocycles. The van der Waals surface area contributed by atoms with E-state index in [9.17, 15) is 27.6 Å². The SMILES string of the molecule is CC(C)C[C@H](NC(=O)C1CCCN1C(=O)C(F)(F)F)C(=O)N1CCCCC1. The Morgan fingerprint density at radius 3 is 2.22 bits per heavy atom. The Kier molecular flexibility index (Phi) is 7.11. The minimum absolute atomic E-state index is 0.106. The second-order valence-corrected chi connectivity index (χ2v) is 7.73. The molecule has 0 aromatic carbocycles. The zero-order valence-corrected chi connectivity index (χ0v) is 15.8. The summed E-state index contributed by atoms with van der Waals surface area (Å²) in [5.74, 6) is -2.74. The van der Waals surface area contributed by atoms with E-state index in [1.807, 2.05) is 13.8 Å². The second kappa shape index (κ2) is 8.93. The summed E-state index contributed by atoms with van der Waals surface area (Å²) in [5, 5.41) is 2.63. The first-order valence-corrected chi connectivity index (χ1v) is 9.58. The van der Waals surface area contributed by atoms with Crippen LogP contribution in [0.4, 0.5) is 13.2 Å². The van der Waals surface area contributed by atoms with E-state index in [4.69, 9.17) is 0 Å². The average molecular weight is 391 g/mol.